The van der Waals surface area contributed by atoms with Gasteiger partial charge in [0.1, 0.15) is 12.4 Å². The number of nitrogens with one attached hydrogen (secondary N) is 2. The lowest BCUT2D eigenvalue weighted by molar-refractivity contribution is 0.0168. The number of ether oxygens (including phenoxy) is 3. The first-order chi connectivity index (χ1) is 12.8. The zero-order chi connectivity index (χ0) is 18.5. The summed E-state index contributed by atoms with van der Waals surface area (Å²) in [6.07, 6.45) is 5.23. The van der Waals surface area contributed by atoms with Crippen LogP contribution in [0.15, 0.2) is 41.9 Å². The van der Waals surface area contributed by atoms with Crippen molar-refractivity contribution in [3.8, 4) is 5.75 Å². The maximum Gasteiger partial charge on any atom is 0.191 e. The Morgan fingerprint density at radius 3 is 2.96 bits per heavy atom. The molecule has 1 aromatic carbocycles. The molecule has 1 unspecified atom stereocenters. The molecule has 0 bridgehead atoms. The van der Waals surface area contributed by atoms with E-state index in [1.807, 2.05) is 24.3 Å². The van der Waals surface area contributed by atoms with Crippen molar-refractivity contribution in [2.24, 2.45) is 4.99 Å². The topological polar surface area (TPSA) is 64.1 Å². The van der Waals surface area contributed by atoms with Gasteiger partial charge in [-0.05, 0) is 25.3 Å². The van der Waals surface area contributed by atoms with Crippen LogP contribution in [0, 0.1) is 0 Å². The van der Waals surface area contributed by atoms with Gasteiger partial charge in [0.15, 0.2) is 5.96 Å². The van der Waals surface area contributed by atoms with Gasteiger partial charge in [-0.15, -0.1) is 24.0 Å². The summed E-state index contributed by atoms with van der Waals surface area (Å²) >= 11 is 0. The number of guanidine groups is 1. The van der Waals surface area contributed by atoms with Crippen LogP contribution >= 0.6 is 24.0 Å². The van der Waals surface area contributed by atoms with Crippen molar-refractivity contribution in [3.63, 3.8) is 0 Å². The minimum Gasteiger partial charge on any atom is -0.489 e. The van der Waals surface area contributed by atoms with Crippen LogP contribution in [0.2, 0.25) is 0 Å². The van der Waals surface area contributed by atoms with Crippen molar-refractivity contribution in [1.82, 2.24) is 10.6 Å². The van der Waals surface area contributed by atoms with Gasteiger partial charge >= 0.3 is 0 Å². The molecule has 0 aromatic heterocycles. The van der Waals surface area contributed by atoms with E-state index in [0.717, 1.165) is 56.3 Å². The molecule has 2 N–H and O–H groups in total. The molecule has 1 aliphatic heterocycles. The lowest BCUT2D eigenvalue weighted by Crippen LogP contribution is -2.37. The summed E-state index contributed by atoms with van der Waals surface area (Å²) in [7, 11) is 1.77. The van der Waals surface area contributed by atoms with Crippen LogP contribution in [0.4, 0.5) is 0 Å². The number of hydrogen-bond acceptors (Lipinski definition) is 4. The zero-order valence-corrected chi connectivity index (χ0v) is 18.4. The molecule has 2 rings (SSSR count). The molecule has 1 aliphatic rings. The van der Waals surface area contributed by atoms with Crippen LogP contribution in [-0.4, -0.2) is 52.1 Å². The molecule has 7 heteroatoms. The largest absolute Gasteiger partial charge is 0.489 e. The standard InChI is InChI=1S/C20H31N3O3.HI/c1-3-12-26-19-10-5-4-8-17(19)15-23-20(21-2)22-11-7-13-24-16-18-9-6-14-25-18;/h3-5,8,10,18H,1,6-7,9,11-16H2,2H3,(H2,21,22,23);1H. The van der Waals surface area contributed by atoms with Gasteiger partial charge in [0.25, 0.3) is 0 Å². The summed E-state index contributed by atoms with van der Waals surface area (Å²) < 4.78 is 16.9. The fourth-order valence-corrected chi connectivity index (χ4v) is 2.71. The van der Waals surface area contributed by atoms with Gasteiger partial charge in [-0.3, -0.25) is 4.99 Å². The van der Waals surface area contributed by atoms with Crippen LogP contribution in [0.1, 0.15) is 24.8 Å². The second kappa shape index (κ2) is 14.7. The molecule has 0 spiro atoms. The van der Waals surface area contributed by atoms with Gasteiger partial charge < -0.3 is 24.8 Å². The van der Waals surface area contributed by atoms with E-state index in [2.05, 4.69) is 22.2 Å². The molecule has 27 heavy (non-hydrogen) atoms. The summed E-state index contributed by atoms with van der Waals surface area (Å²) in [5.41, 5.74) is 1.08. The fourth-order valence-electron chi connectivity index (χ4n) is 2.71. The Kier molecular flexibility index (Phi) is 12.9. The number of aliphatic imine (C=N–C) groups is 1. The monoisotopic (exact) mass is 489 g/mol. The molecule has 1 fully saturated rings. The average Bonchev–Trinajstić information content (AvgIpc) is 3.19. The molecule has 152 valence electrons. The first-order valence-electron chi connectivity index (χ1n) is 9.29. The van der Waals surface area contributed by atoms with E-state index in [4.69, 9.17) is 14.2 Å². The van der Waals surface area contributed by atoms with Crippen molar-refractivity contribution in [2.75, 3.05) is 40.0 Å². The first-order valence-corrected chi connectivity index (χ1v) is 9.29. The zero-order valence-electron chi connectivity index (χ0n) is 16.1. The van der Waals surface area contributed by atoms with E-state index >= 15 is 0 Å². The van der Waals surface area contributed by atoms with Crippen LogP contribution in [0.3, 0.4) is 0 Å². The van der Waals surface area contributed by atoms with Crippen LogP contribution in [0.25, 0.3) is 0 Å². The van der Waals surface area contributed by atoms with Crippen molar-refractivity contribution in [2.45, 2.75) is 31.9 Å². The molecule has 1 atom stereocenters. The summed E-state index contributed by atoms with van der Waals surface area (Å²) in [6.45, 7) is 7.93. The van der Waals surface area contributed by atoms with Crippen LogP contribution < -0.4 is 15.4 Å². The smallest absolute Gasteiger partial charge is 0.191 e. The minimum absolute atomic E-state index is 0. The maximum atomic E-state index is 5.67. The van der Waals surface area contributed by atoms with Crippen LogP contribution in [-0.2, 0) is 16.0 Å². The summed E-state index contributed by atoms with van der Waals surface area (Å²) in [5.74, 6) is 1.63. The Balaban J connectivity index is 0.00000364. The van der Waals surface area contributed by atoms with Gasteiger partial charge in [0, 0.05) is 38.9 Å². The second-order valence-corrected chi connectivity index (χ2v) is 6.12. The van der Waals surface area contributed by atoms with E-state index in [1.165, 1.54) is 0 Å². The highest BCUT2D eigenvalue weighted by Gasteiger charge is 2.14. The third kappa shape index (κ3) is 9.44. The van der Waals surface area contributed by atoms with Crippen LogP contribution in [0.5, 0.6) is 5.75 Å². The molecular formula is C20H32IN3O3. The Hall–Kier alpha value is -1.32. The first kappa shape index (κ1) is 23.7. The lowest BCUT2D eigenvalue weighted by atomic mass is 10.2. The molecule has 0 saturated carbocycles. The maximum absolute atomic E-state index is 5.67. The normalized spacial score (nSPS) is 16.5. The van der Waals surface area contributed by atoms with Crippen molar-refractivity contribution < 1.29 is 14.2 Å². The SMILES string of the molecule is C=CCOc1ccccc1CNC(=NC)NCCCOCC1CCCO1.I. The highest BCUT2D eigenvalue weighted by molar-refractivity contribution is 14.0. The van der Waals surface area contributed by atoms with Crippen molar-refractivity contribution >= 4 is 29.9 Å². The Morgan fingerprint density at radius 2 is 2.22 bits per heavy atom. The Bertz CT molecular complexity index is 563. The number of rotatable bonds is 11. The minimum atomic E-state index is 0. The van der Waals surface area contributed by atoms with Gasteiger partial charge in [0.05, 0.1) is 12.7 Å². The van der Waals surface area contributed by atoms with E-state index in [1.54, 1.807) is 13.1 Å². The fraction of sp³-hybridized carbons (Fsp3) is 0.550. The molecule has 0 aliphatic carbocycles. The second-order valence-electron chi connectivity index (χ2n) is 6.12. The number of nitrogens with zero attached hydrogens (tertiary/aromatic N) is 1. The Morgan fingerprint density at radius 1 is 1.37 bits per heavy atom. The van der Waals surface area contributed by atoms with Crippen molar-refractivity contribution in [3.05, 3.63) is 42.5 Å². The van der Waals surface area contributed by atoms with Gasteiger partial charge in [-0.2, -0.15) is 0 Å². The third-order valence-corrected chi connectivity index (χ3v) is 4.08. The summed E-state index contributed by atoms with van der Waals surface area (Å²) in [6, 6.07) is 7.96. The summed E-state index contributed by atoms with van der Waals surface area (Å²) in [5, 5.41) is 6.61. The molecule has 1 heterocycles. The van der Waals surface area contributed by atoms with Gasteiger partial charge in [-0.1, -0.05) is 30.9 Å². The third-order valence-electron chi connectivity index (χ3n) is 4.08. The van der Waals surface area contributed by atoms with Gasteiger partial charge in [0.2, 0.25) is 0 Å². The molecule has 0 radical (unpaired) electrons. The van der Waals surface area contributed by atoms with E-state index < -0.39 is 0 Å². The highest BCUT2D eigenvalue weighted by atomic mass is 127. The Labute approximate surface area is 179 Å². The predicted molar refractivity (Wildman–Crippen MR) is 120 cm³/mol. The molecule has 0 amide bonds. The quantitative estimate of drug-likeness (QED) is 0.165. The molecule has 6 nitrogen and oxygen atoms in total. The molecule has 1 saturated heterocycles. The van der Waals surface area contributed by atoms with Crippen molar-refractivity contribution in [1.29, 1.82) is 0 Å². The number of hydrogen-bond donors (Lipinski definition) is 2. The highest BCUT2D eigenvalue weighted by Crippen LogP contribution is 2.17. The predicted octanol–water partition coefficient (Wildman–Crippen LogP) is 3.12. The van der Waals surface area contributed by atoms with E-state index in [0.29, 0.717) is 25.9 Å². The number of benzene rings is 1. The van der Waals surface area contributed by atoms with Gasteiger partial charge in [-0.25, -0.2) is 0 Å². The lowest BCUT2D eigenvalue weighted by Gasteiger charge is -2.14. The summed E-state index contributed by atoms with van der Waals surface area (Å²) in [4.78, 5) is 4.25. The van der Waals surface area contributed by atoms with E-state index in [9.17, 15) is 0 Å². The molecule has 1 aromatic rings. The number of halogens is 1. The molecular weight excluding hydrogens is 457 g/mol. The number of para-hydroxylation sites is 1. The van der Waals surface area contributed by atoms with E-state index in [-0.39, 0.29) is 24.0 Å². The average molecular weight is 489 g/mol.